The van der Waals surface area contributed by atoms with Gasteiger partial charge in [-0.25, -0.2) is 4.39 Å². The fourth-order valence-electron chi connectivity index (χ4n) is 1.48. The highest BCUT2D eigenvalue weighted by atomic mass is 35.5. The predicted octanol–water partition coefficient (Wildman–Crippen LogP) is 1.30. The molecule has 80 valence electrons. The third-order valence-corrected chi connectivity index (χ3v) is 2.48. The Hall–Kier alpha value is -1.13. The molecule has 1 aromatic rings. The van der Waals surface area contributed by atoms with Crippen LogP contribution in [0.3, 0.4) is 0 Å². The van der Waals surface area contributed by atoms with Gasteiger partial charge in [-0.05, 0) is 18.2 Å². The van der Waals surface area contributed by atoms with Gasteiger partial charge in [0.25, 0.3) is 5.91 Å². The van der Waals surface area contributed by atoms with Crippen LogP contribution in [0.25, 0.3) is 0 Å². The topological polar surface area (TPSA) is 40.5 Å². The van der Waals surface area contributed by atoms with Crippen molar-refractivity contribution in [3.63, 3.8) is 0 Å². The molecular formula is C10H9ClFNO2. The first-order valence-electron chi connectivity index (χ1n) is 4.49. The van der Waals surface area contributed by atoms with Gasteiger partial charge in [-0.1, -0.05) is 11.6 Å². The van der Waals surface area contributed by atoms with E-state index in [1.54, 1.807) is 0 Å². The van der Waals surface area contributed by atoms with E-state index in [1.807, 2.05) is 0 Å². The highest BCUT2D eigenvalue weighted by Crippen LogP contribution is 2.18. The number of β-amino-alcohol motifs (C(OH)–C–C–N with tert-alkyl or cyclic N) is 1. The molecule has 15 heavy (non-hydrogen) atoms. The first-order chi connectivity index (χ1) is 7.06. The summed E-state index contributed by atoms with van der Waals surface area (Å²) in [5, 5.41) is 9.22. The molecule has 0 aliphatic carbocycles. The van der Waals surface area contributed by atoms with E-state index < -0.39 is 11.9 Å². The van der Waals surface area contributed by atoms with Gasteiger partial charge in [-0.3, -0.25) is 4.79 Å². The highest BCUT2D eigenvalue weighted by molar-refractivity contribution is 6.31. The zero-order valence-corrected chi connectivity index (χ0v) is 8.54. The van der Waals surface area contributed by atoms with Gasteiger partial charge in [-0.2, -0.15) is 0 Å². The van der Waals surface area contributed by atoms with Crippen molar-refractivity contribution in [3.8, 4) is 0 Å². The third kappa shape index (κ3) is 2.11. The molecule has 1 fully saturated rings. The van der Waals surface area contributed by atoms with Crippen LogP contribution < -0.4 is 0 Å². The van der Waals surface area contributed by atoms with Gasteiger partial charge in [0.05, 0.1) is 6.10 Å². The number of aliphatic hydroxyl groups is 1. The molecule has 0 bridgehead atoms. The van der Waals surface area contributed by atoms with Crippen molar-refractivity contribution < 1.29 is 14.3 Å². The number of carbonyl (C=O) groups is 1. The van der Waals surface area contributed by atoms with Crippen molar-refractivity contribution in [2.24, 2.45) is 0 Å². The van der Waals surface area contributed by atoms with Crippen LogP contribution in [0.4, 0.5) is 4.39 Å². The van der Waals surface area contributed by atoms with E-state index in [2.05, 4.69) is 0 Å². The lowest BCUT2D eigenvalue weighted by Crippen LogP contribution is -2.53. The SMILES string of the molecule is O=C(c1cc(F)cc(Cl)c1)N1CC(O)C1. The molecule has 0 aromatic heterocycles. The molecule has 1 heterocycles. The molecule has 1 saturated heterocycles. The average Bonchev–Trinajstić information content (AvgIpc) is 2.10. The molecular weight excluding hydrogens is 221 g/mol. The number of hydrogen-bond donors (Lipinski definition) is 1. The van der Waals surface area contributed by atoms with E-state index in [4.69, 9.17) is 16.7 Å². The van der Waals surface area contributed by atoms with E-state index >= 15 is 0 Å². The summed E-state index contributed by atoms with van der Waals surface area (Å²) in [5.41, 5.74) is 0.215. The van der Waals surface area contributed by atoms with E-state index in [9.17, 15) is 9.18 Å². The number of halogens is 2. The van der Waals surface area contributed by atoms with Crippen LogP contribution in [-0.2, 0) is 0 Å². The number of aliphatic hydroxyl groups excluding tert-OH is 1. The molecule has 1 N–H and O–H groups in total. The summed E-state index contributed by atoms with van der Waals surface area (Å²) in [6.07, 6.45) is -0.460. The molecule has 0 spiro atoms. The molecule has 1 aliphatic heterocycles. The molecule has 1 aromatic carbocycles. The van der Waals surface area contributed by atoms with Crippen molar-refractivity contribution >= 4 is 17.5 Å². The fourth-order valence-corrected chi connectivity index (χ4v) is 1.70. The van der Waals surface area contributed by atoms with Gasteiger partial charge in [-0.15, -0.1) is 0 Å². The van der Waals surface area contributed by atoms with E-state index in [1.165, 1.54) is 11.0 Å². The Kier molecular flexibility index (Phi) is 2.63. The van der Waals surface area contributed by atoms with Crippen molar-refractivity contribution in [3.05, 3.63) is 34.6 Å². The van der Waals surface area contributed by atoms with E-state index in [0.717, 1.165) is 12.1 Å². The summed E-state index contributed by atoms with van der Waals surface area (Å²) in [7, 11) is 0. The number of rotatable bonds is 1. The Bertz CT molecular complexity index is 384. The number of likely N-dealkylation sites (tertiary alicyclic amines) is 1. The second-order valence-corrected chi connectivity index (χ2v) is 3.96. The van der Waals surface area contributed by atoms with Gasteiger partial charge < -0.3 is 10.0 Å². The van der Waals surface area contributed by atoms with Gasteiger partial charge in [0.1, 0.15) is 5.82 Å². The summed E-state index contributed by atoms with van der Waals surface area (Å²) < 4.78 is 12.9. The average molecular weight is 230 g/mol. The Morgan fingerprint density at radius 3 is 2.67 bits per heavy atom. The Morgan fingerprint density at radius 2 is 2.13 bits per heavy atom. The molecule has 1 aliphatic rings. The van der Waals surface area contributed by atoms with E-state index in [-0.39, 0.29) is 16.5 Å². The van der Waals surface area contributed by atoms with Crippen LogP contribution in [0.5, 0.6) is 0 Å². The van der Waals surface area contributed by atoms with E-state index in [0.29, 0.717) is 13.1 Å². The standard InChI is InChI=1S/C10H9ClFNO2/c11-7-1-6(2-8(12)3-7)10(15)13-4-9(14)5-13/h1-3,9,14H,4-5H2. The molecule has 0 atom stereocenters. The van der Waals surface area contributed by atoms with Crippen LogP contribution in [0.1, 0.15) is 10.4 Å². The van der Waals surface area contributed by atoms with Crippen LogP contribution in [-0.4, -0.2) is 35.1 Å². The van der Waals surface area contributed by atoms with Crippen molar-refractivity contribution in [2.45, 2.75) is 6.10 Å². The second-order valence-electron chi connectivity index (χ2n) is 3.52. The van der Waals surface area contributed by atoms with Gasteiger partial charge in [0.15, 0.2) is 0 Å². The normalized spacial score (nSPS) is 16.3. The summed E-state index contributed by atoms with van der Waals surface area (Å²) in [6.45, 7) is 0.597. The quantitative estimate of drug-likeness (QED) is 0.789. The molecule has 1 amide bonds. The smallest absolute Gasteiger partial charge is 0.254 e. The lowest BCUT2D eigenvalue weighted by molar-refractivity contribution is 0.00587. The summed E-state index contributed by atoms with van der Waals surface area (Å²) >= 11 is 5.63. The highest BCUT2D eigenvalue weighted by Gasteiger charge is 2.29. The van der Waals surface area contributed by atoms with Crippen molar-refractivity contribution in [1.29, 1.82) is 0 Å². The van der Waals surface area contributed by atoms with Crippen molar-refractivity contribution in [2.75, 3.05) is 13.1 Å². The maximum atomic E-state index is 12.9. The maximum Gasteiger partial charge on any atom is 0.254 e. The van der Waals surface area contributed by atoms with Crippen LogP contribution >= 0.6 is 11.6 Å². The Balaban J connectivity index is 2.18. The summed E-state index contributed by atoms with van der Waals surface area (Å²) in [6, 6.07) is 3.69. The summed E-state index contributed by atoms with van der Waals surface area (Å²) in [5.74, 6) is -0.839. The zero-order valence-electron chi connectivity index (χ0n) is 7.78. The molecule has 0 saturated carbocycles. The zero-order chi connectivity index (χ0) is 11.0. The minimum absolute atomic E-state index is 0.194. The number of amides is 1. The maximum absolute atomic E-state index is 12.9. The van der Waals surface area contributed by atoms with Crippen LogP contribution in [0.15, 0.2) is 18.2 Å². The monoisotopic (exact) mass is 229 g/mol. The number of carbonyl (C=O) groups excluding carboxylic acids is 1. The Labute approximate surface area is 91.1 Å². The predicted molar refractivity (Wildman–Crippen MR) is 53.3 cm³/mol. The van der Waals surface area contributed by atoms with Crippen molar-refractivity contribution in [1.82, 2.24) is 4.90 Å². The number of hydrogen-bond acceptors (Lipinski definition) is 2. The number of nitrogens with zero attached hydrogens (tertiary/aromatic N) is 1. The Morgan fingerprint density at radius 1 is 1.47 bits per heavy atom. The summed E-state index contributed by atoms with van der Waals surface area (Å²) in [4.78, 5) is 13.1. The lowest BCUT2D eigenvalue weighted by atomic mass is 10.1. The minimum Gasteiger partial charge on any atom is -0.389 e. The molecule has 3 nitrogen and oxygen atoms in total. The first-order valence-corrected chi connectivity index (χ1v) is 4.87. The third-order valence-electron chi connectivity index (χ3n) is 2.26. The minimum atomic E-state index is -0.535. The molecule has 5 heteroatoms. The van der Waals surface area contributed by atoms with Gasteiger partial charge in [0, 0.05) is 23.7 Å². The molecule has 0 unspecified atom stereocenters. The van der Waals surface area contributed by atoms with Crippen LogP contribution in [0, 0.1) is 5.82 Å². The molecule has 2 rings (SSSR count). The fraction of sp³-hybridized carbons (Fsp3) is 0.300. The molecule has 0 radical (unpaired) electrons. The van der Waals surface area contributed by atoms with Gasteiger partial charge >= 0.3 is 0 Å². The second kappa shape index (κ2) is 3.79. The van der Waals surface area contributed by atoms with Gasteiger partial charge in [0.2, 0.25) is 0 Å². The lowest BCUT2D eigenvalue weighted by Gasteiger charge is -2.35. The van der Waals surface area contributed by atoms with Crippen LogP contribution in [0.2, 0.25) is 5.02 Å². The first kappa shape index (κ1) is 10.4. The number of benzene rings is 1. The largest absolute Gasteiger partial charge is 0.389 e.